The molecule has 4 rings (SSSR count). The van der Waals surface area contributed by atoms with Crippen LogP contribution in [0.5, 0.6) is 0 Å². The second-order valence-corrected chi connectivity index (χ2v) is 7.40. The number of anilines is 1. The number of hydrogen-bond acceptors (Lipinski definition) is 5. The molecule has 0 fully saturated rings. The van der Waals surface area contributed by atoms with Crippen LogP contribution in [-0.2, 0) is 0 Å². The zero-order valence-electron chi connectivity index (χ0n) is 13.5. The number of halogens is 2. The third kappa shape index (κ3) is 3.67. The van der Waals surface area contributed by atoms with E-state index in [1.54, 1.807) is 35.7 Å². The normalized spacial score (nSPS) is 10.9. The van der Waals surface area contributed by atoms with E-state index in [1.807, 2.05) is 0 Å². The van der Waals surface area contributed by atoms with E-state index in [-0.39, 0.29) is 11.4 Å². The first-order valence-electron chi connectivity index (χ1n) is 7.76. The Kier molecular flexibility index (Phi) is 4.59. The minimum atomic E-state index is -0.724. The minimum Gasteiger partial charge on any atom is -0.422 e. The fraction of sp³-hybridized carbons (Fsp3) is 0. The van der Waals surface area contributed by atoms with Gasteiger partial charge in [-0.05, 0) is 48.5 Å². The first-order valence-corrected chi connectivity index (χ1v) is 9.43. The zero-order chi connectivity index (χ0) is 19.0. The predicted molar refractivity (Wildman–Crippen MR) is 106 cm³/mol. The molecular weight excluding hydrogens is 435 g/mol. The molecule has 2 heterocycles. The van der Waals surface area contributed by atoms with Crippen LogP contribution in [0.15, 0.2) is 67.6 Å². The average Bonchev–Trinajstić information content (AvgIpc) is 3.10. The molecule has 27 heavy (non-hydrogen) atoms. The maximum absolute atomic E-state index is 13.0. The quantitative estimate of drug-likeness (QED) is 0.447. The Labute approximate surface area is 164 Å². The molecule has 0 bridgehead atoms. The van der Waals surface area contributed by atoms with Crippen LogP contribution in [0.1, 0.15) is 10.4 Å². The van der Waals surface area contributed by atoms with Gasteiger partial charge in [-0.1, -0.05) is 15.9 Å². The van der Waals surface area contributed by atoms with Crippen molar-refractivity contribution in [1.29, 1.82) is 0 Å². The zero-order valence-corrected chi connectivity index (χ0v) is 15.9. The van der Waals surface area contributed by atoms with Crippen molar-refractivity contribution in [3.05, 3.63) is 80.2 Å². The number of aromatic nitrogens is 1. The third-order valence-electron chi connectivity index (χ3n) is 3.80. The van der Waals surface area contributed by atoms with Gasteiger partial charge in [0.05, 0.1) is 5.69 Å². The van der Waals surface area contributed by atoms with Crippen molar-refractivity contribution in [1.82, 2.24) is 4.98 Å². The monoisotopic (exact) mass is 444 g/mol. The van der Waals surface area contributed by atoms with E-state index >= 15 is 0 Å². The van der Waals surface area contributed by atoms with Crippen LogP contribution < -0.4 is 10.9 Å². The Bertz CT molecular complexity index is 1220. The van der Waals surface area contributed by atoms with Crippen LogP contribution in [0.25, 0.3) is 22.2 Å². The van der Waals surface area contributed by atoms with Crippen molar-refractivity contribution in [3.63, 3.8) is 0 Å². The predicted octanol–water partition coefficient (Wildman–Crippen LogP) is 5.07. The summed E-state index contributed by atoms with van der Waals surface area (Å²) in [5.74, 6) is -0.942. The number of rotatable bonds is 3. The van der Waals surface area contributed by atoms with Crippen molar-refractivity contribution in [2.75, 3.05) is 5.32 Å². The van der Waals surface area contributed by atoms with Crippen LogP contribution >= 0.6 is 27.3 Å². The first-order chi connectivity index (χ1) is 13.0. The fourth-order valence-electron chi connectivity index (χ4n) is 2.50. The molecule has 1 amide bonds. The number of fused-ring (bicyclic) bond motifs is 1. The molecule has 4 aromatic rings. The van der Waals surface area contributed by atoms with E-state index in [2.05, 4.69) is 26.2 Å². The highest BCUT2D eigenvalue weighted by atomic mass is 79.9. The van der Waals surface area contributed by atoms with Gasteiger partial charge in [-0.15, -0.1) is 11.3 Å². The smallest absolute Gasteiger partial charge is 0.349 e. The SMILES string of the molecule is O=C(Nc1nc(-c2ccc(F)cc2)cs1)c1cc2cc(Br)ccc2oc1=O. The average molecular weight is 445 g/mol. The number of carbonyl (C=O) groups is 1. The second kappa shape index (κ2) is 7.05. The van der Waals surface area contributed by atoms with E-state index in [9.17, 15) is 14.0 Å². The van der Waals surface area contributed by atoms with Crippen LogP contribution in [0.4, 0.5) is 9.52 Å². The summed E-state index contributed by atoms with van der Waals surface area (Å²) < 4.78 is 19.0. The number of amides is 1. The number of carbonyl (C=O) groups excluding carboxylic acids is 1. The molecule has 0 radical (unpaired) electrons. The molecule has 8 heteroatoms. The molecule has 0 saturated heterocycles. The lowest BCUT2D eigenvalue weighted by Gasteiger charge is -2.03. The van der Waals surface area contributed by atoms with Gasteiger partial charge in [0.25, 0.3) is 5.91 Å². The summed E-state index contributed by atoms with van der Waals surface area (Å²) >= 11 is 4.55. The molecule has 5 nitrogen and oxygen atoms in total. The van der Waals surface area contributed by atoms with Gasteiger partial charge in [0.15, 0.2) is 5.13 Å². The van der Waals surface area contributed by atoms with Gasteiger partial charge in [-0.2, -0.15) is 0 Å². The molecule has 134 valence electrons. The number of thiazole rings is 1. The molecule has 1 N–H and O–H groups in total. The van der Waals surface area contributed by atoms with Crippen LogP contribution in [0.3, 0.4) is 0 Å². The Balaban J connectivity index is 1.61. The molecule has 2 aromatic heterocycles. The number of benzene rings is 2. The highest BCUT2D eigenvalue weighted by Gasteiger charge is 2.16. The summed E-state index contributed by atoms with van der Waals surface area (Å²) in [5, 5.41) is 5.29. The summed E-state index contributed by atoms with van der Waals surface area (Å²) in [6.45, 7) is 0. The molecular formula is C19H10BrFN2O3S. The summed E-state index contributed by atoms with van der Waals surface area (Å²) in [6, 6.07) is 12.5. The van der Waals surface area contributed by atoms with Gasteiger partial charge in [0.2, 0.25) is 0 Å². The lowest BCUT2D eigenvalue weighted by Crippen LogP contribution is -2.20. The highest BCUT2D eigenvalue weighted by Crippen LogP contribution is 2.25. The van der Waals surface area contributed by atoms with Gasteiger partial charge in [-0.3, -0.25) is 10.1 Å². The topological polar surface area (TPSA) is 72.2 Å². The van der Waals surface area contributed by atoms with Gasteiger partial charge in [-0.25, -0.2) is 14.2 Å². The summed E-state index contributed by atoms with van der Waals surface area (Å²) in [5.41, 5.74) is 0.886. The van der Waals surface area contributed by atoms with E-state index < -0.39 is 11.5 Å². The van der Waals surface area contributed by atoms with Gasteiger partial charge in [0, 0.05) is 20.8 Å². The first kappa shape index (κ1) is 17.6. The molecule has 0 saturated carbocycles. The van der Waals surface area contributed by atoms with Gasteiger partial charge < -0.3 is 4.42 Å². The Morgan fingerprint density at radius 1 is 1.15 bits per heavy atom. The van der Waals surface area contributed by atoms with Crippen molar-refractivity contribution in [3.8, 4) is 11.3 Å². The Hall–Kier alpha value is -2.84. The van der Waals surface area contributed by atoms with E-state index in [1.165, 1.54) is 29.5 Å². The van der Waals surface area contributed by atoms with E-state index in [0.29, 0.717) is 21.8 Å². The molecule has 0 unspecified atom stereocenters. The maximum Gasteiger partial charge on any atom is 0.349 e. The van der Waals surface area contributed by atoms with Crippen molar-refractivity contribution in [2.24, 2.45) is 0 Å². The third-order valence-corrected chi connectivity index (χ3v) is 5.05. The molecule has 0 aliphatic rings. The highest BCUT2D eigenvalue weighted by molar-refractivity contribution is 9.10. The molecule has 0 aliphatic heterocycles. The number of nitrogens with one attached hydrogen (secondary N) is 1. The lowest BCUT2D eigenvalue weighted by atomic mass is 10.2. The van der Waals surface area contributed by atoms with Crippen LogP contribution in [0, 0.1) is 5.82 Å². The Morgan fingerprint density at radius 3 is 2.70 bits per heavy atom. The Morgan fingerprint density at radius 2 is 1.93 bits per heavy atom. The van der Waals surface area contributed by atoms with Crippen molar-refractivity contribution < 1.29 is 13.6 Å². The van der Waals surface area contributed by atoms with E-state index in [0.717, 1.165) is 10.0 Å². The minimum absolute atomic E-state index is 0.112. The molecule has 2 aromatic carbocycles. The van der Waals surface area contributed by atoms with Crippen LogP contribution in [-0.4, -0.2) is 10.9 Å². The van der Waals surface area contributed by atoms with Crippen LogP contribution in [0.2, 0.25) is 0 Å². The second-order valence-electron chi connectivity index (χ2n) is 5.63. The van der Waals surface area contributed by atoms with Gasteiger partial charge >= 0.3 is 5.63 Å². The largest absolute Gasteiger partial charge is 0.422 e. The summed E-state index contributed by atoms with van der Waals surface area (Å²) in [6.07, 6.45) is 0. The van der Waals surface area contributed by atoms with Crippen molar-refractivity contribution >= 4 is 49.3 Å². The molecule has 0 atom stereocenters. The van der Waals surface area contributed by atoms with E-state index in [4.69, 9.17) is 4.42 Å². The maximum atomic E-state index is 13.0. The standard InChI is InChI=1S/C19H10BrFN2O3S/c20-12-3-6-16-11(7-12)8-14(18(25)26-16)17(24)23-19-22-15(9-27-19)10-1-4-13(21)5-2-10/h1-9H,(H,22,23,24). The summed E-state index contributed by atoms with van der Waals surface area (Å²) in [4.78, 5) is 28.9. The fourth-order valence-corrected chi connectivity index (χ4v) is 3.59. The van der Waals surface area contributed by atoms with Gasteiger partial charge in [0.1, 0.15) is 17.0 Å². The molecule has 0 spiro atoms. The number of hydrogen-bond donors (Lipinski definition) is 1. The molecule has 0 aliphatic carbocycles. The summed E-state index contributed by atoms with van der Waals surface area (Å²) in [7, 11) is 0. The van der Waals surface area contributed by atoms with Crippen molar-refractivity contribution in [2.45, 2.75) is 0 Å². The lowest BCUT2D eigenvalue weighted by molar-refractivity contribution is 0.102. The number of nitrogens with zero attached hydrogens (tertiary/aromatic N) is 1.